The Bertz CT molecular complexity index is 921. The predicted octanol–water partition coefficient (Wildman–Crippen LogP) is 1.84. The lowest BCUT2D eigenvalue weighted by molar-refractivity contribution is -0.133. The number of benzene rings is 2. The lowest BCUT2D eigenvalue weighted by Crippen LogP contribution is -2.52. The van der Waals surface area contributed by atoms with Crippen molar-refractivity contribution >= 4 is 15.9 Å². The molecule has 0 aliphatic carbocycles. The Labute approximate surface area is 160 Å². The number of carbonyl (C=O) groups excluding carboxylic acids is 1. The second kappa shape index (κ2) is 7.80. The summed E-state index contributed by atoms with van der Waals surface area (Å²) in [6, 6.07) is 13.6. The minimum Gasteiger partial charge on any atom is -0.338 e. The number of sulfonamides is 1. The highest BCUT2D eigenvalue weighted by molar-refractivity contribution is 7.89. The van der Waals surface area contributed by atoms with Crippen molar-refractivity contribution in [3.05, 3.63) is 65.2 Å². The second-order valence-electron chi connectivity index (χ2n) is 6.86. The molecule has 144 valence electrons. The molecule has 0 radical (unpaired) electrons. The van der Waals surface area contributed by atoms with E-state index in [1.165, 1.54) is 4.31 Å². The minimum absolute atomic E-state index is 0.176. The Balaban J connectivity index is 1.67. The summed E-state index contributed by atoms with van der Waals surface area (Å²) < 4.78 is 27.2. The summed E-state index contributed by atoms with van der Waals surface area (Å²) in [5, 5.41) is 0. The van der Waals surface area contributed by atoms with E-state index in [0.717, 1.165) is 16.7 Å². The molecule has 1 fully saturated rings. The van der Waals surface area contributed by atoms with Gasteiger partial charge < -0.3 is 10.6 Å². The molecule has 1 heterocycles. The molecule has 6 nitrogen and oxygen atoms in total. The molecule has 1 aliphatic rings. The molecule has 1 atom stereocenters. The average molecular weight is 388 g/mol. The zero-order valence-corrected chi connectivity index (χ0v) is 16.4. The van der Waals surface area contributed by atoms with Crippen LogP contribution in [0, 0.1) is 13.8 Å². The van der Waals surface area contributed by atoms with Crippen molar-refractivity contribution < 1.29 is 13.2 Å². The number of amides is 1. The Hall–Kier alpha value is -2.22. The highest BCUT2D eigenvalue weighted by Gasteiger charge is 2.32. The molecule has 2 aromatic rings. The van der Waals surface area contributed by atoms with E-state index >= 15 is 0 Å². The molecule has 1 saturated heterocycles. The quantitative estimate of drug-likeness (QED) is 0.868. The van der Waals surface area contributed by atoms with E-state index in [4.69, 9.17) is 5.73 Å². The molecule has 2 N–H and O–H groups in total. The third-order valence-electron chi connectivity index (χ3n) is 5.09. The van der Waals surface area contributed by atoms with Crippen LogP contribution >= 0.6 is 0 Å². The van der Waals surface area contributed by atoms with Crippen LogP contribution in [0.25, 0.3) is 0 Å². The third-order valence-corrected chi connectivity index (χ3v) is 6.99. The SMILES string of the molecule is Cc1ccc(S(=O)(=O)N2CCN(C(=O)C(N)c3ccccc3)CC2)cc1C. The molecular formula is C20H25N3O3S. The van der Waals surface area contributed by atoms with Crippen molar-refractivity contribution in [2.24, 2.45) is 5.73 Å². The first-order valence-corrected chi connectivity index (χ1v) is 10.4. The highest BCUT2D eigenvalue weighted by Crippen LogP contribution is 2.21. The first-order valence-electron chi connectivity index (χ1n) is 8.97. The van der Waals surface area contributed by atoms with Crippen molar-refractivity contribution in [3.8, 4) is 0 Å². The number of piperazine rings is 1. The molecule has 3 rings (SSSR count). The maximum Gasteiger partial charge on any atom is 0.244 e. The largest absolute Gasteiger partial charge is 0.338 e. The van der Waals surface area contributed by atoms with Crippen LogP contribution in [0.4, 0.5) is 0 Å². The minimum atomic E-state index is -3.56. The summed E-state index contributed by atoms with van der Waals surface area (Å²) in [5.74, 6) is -0.176. The molecule has 0 saturated carbocycles. The standard InChI is InChI=1S/C20H25N3O3S/c1-15-8-9-18(14-16(15)2)27(25,26)23-12-10-22(11-13-23)20(24)19(21)17-6-4-3-5-7-17/h3-9,14,19H,10-13,21H2,1-2H3. The summed E-state index contributed by atoms with van der Waals surface area (Å²) in [5.41, 5.74) is 8.84. The van der Waals surface area contributed by atoms with E-state index < -0.39 is 16.1 Å². The fourth-order valence-corrected chi connectivity index (χ4v) is 4.68. The van der Waals surface area contributed by atoms with Crippen LogP contribution < -0.4 is 5.73 Å². The van der Waals surface area contributed by atoms with Crippen molar-refractivity contribution in [2.45, 2.75) is 24.8 Å². The van der Waals surface area contributed by atoms with Crippen LogP contribution in [-0.4, -0.2) is 49.7 Å². The van der Waals surface area contributed by atoms with Gasteiger partial charge in [-0.15, -0.1) is 0 Å². The molecule has 1 amide bonds. The fourth-order valence-electron chi connectivity index (χ4n) is 3.17. The van der Waals surface area contributed by atoms with E-state index in [9.17, 15) is 13.2 Å². The van der Waals surface area contributed by atoms with Gasteiger partial charge in [-0.3, -0.25) is 4.79 Å². The number of hydrogen-bond acceptors (Lipinski definition) is 4. The van der Waals surface area contributed by atoms with Gasteiger partial charge in [0.2, 0.25) is 15.9 Å². The molecule has 27 heavy (non-hydrogen) atoms. The van der Waals surface area contributed by atoms with E-state index in [1.54, 1.807) is 17.0 Å². The lowest BCUT2D eigenvalue weighted by Gasteiger charge is -2.35. The average Bonchev–Trinajstić information content (AvgIpc) is 2.69. The summed E-state index contributed by atoms with van der Waals surface area (Å²) in [6.45, 7) is 5.06. The smallest absolute Gasteiger partial charge is 0.244 e. The molecule has 7 heteroatoms. The van der Waals surface area contributed by atoms with Crippen LogP contribution in [-0.2, 0) is 14.8 Å². The fraction of sp³-hybridized carbons (Fsp3) is 0.350. The molecule has 2 aromatic carbocycles. The highest BCUT2D eigenvalue weighted by atomic mass is 32.2. The van der Waals surface area contributed by atoms with Gasteiger partial charge in [-0.25, -0.2) is 8.42 Å². The molecule has 0 bridgehead atoms. The third kappa shape index (κ3) is 4.05. The van der Waals surface area contributed by atoms with Gasteiger partial charge in [0.1, 0.15) is 6.04 Å². The van der Waals surface area contributed by atoms with E-state index in [1.807, 2.05) is 50.2 Å². The molecule has 0 spiro atoms. The number of hydrogen-bond donors (Lipinski definition) is 1. The summed E-state index contributed by atoms with van der Waals surface area (Å²) in [7, 11) is -3.56. The topological polar surface area (TPSA) is 83.7 Å². The number of aryl methyl sites for hydroxylation is 2. The van der Waals surface area contributed by atoms with Crippen LogP contribution in [0.5, 0.6) is 0 Å². The first-order chi connectivity index (χ1) is 12.8. The monoisotopic (exact) mass is 387 g/mol. The number of carbonyl (C=O) groups is 1. The Morgan fingerprint density at radius 2 is 1.59 bits per heavy atom. The van der Waals surface area contributed by atoms with Crippen molar-refractivity contribution in [3.63, 3.8) is 0 Å². The van der Waals surface area contributed by atoms with Gasteiger partial charge >= 0.3 is 0 Å². The number of nitrogens with zero attached hydrogens (tertiary/aromatic N) is 2. The summed E-state index contributed by atoms with van der Waals surface area (Å²) in [4.78, 5) is 14.6. The van der Waals surface area contributed by atoms with Gasteiger partial charge in [0.05, 0.1) is 4.90 Å². The molecule has 0 aromatic heterocycles. The van der Waals surface area contributed by atoms with E-state index in [0.29, 0.717) is 18.0 Å². The predicted molar refractivity (Wildman–Crippen MR) is 105 cm³/mol. The van der Waals surface area contributed by atoms with E-state index in [2.05, 4.69) is 0 Å². The number of rotatable bonds is 4. The van der Waals surface area contributed by atoms with Gasteiger partial charge in [-0.05, 0) is 42.7 Å². The van der Waals surface area contributed by atoms with Gasteiger partial charge in [0, 0.05) is 26.2 Å². The summed E-state index contributed by atoms with van der Waals surface area (Å²) >= 11 is 0. The first kappa shape index (κ1) is 19.5. The maximum absolute atomic E-state index is 12.9. The van der Waals surface area contributed by atoms with Gasteiger partial charge in [-0.1, -0.05) is 36.4 Å². The zero-order valence-electron chi connectivity index (χ0n) is 15.6. The van der Waals surface area contributed by atoms with Crippen molar-refractivity contribution in [2.75, 3.05) is 26.2 Å². The van der Waals surface area contributed by atoms with Crippen LogP contribution in [0.3, 0.4) is 0 Å². The van der Waals surface area contributed by atoms with Gasteiger partial charge in [0.25, 0.3) is 0 Å². The summed E-state index contributed by atoms with van der Waals surface area (Å²) in [6.07, 6.45) is 0. The van der Waals surface area contributed by atoms with Crippen LogP contribution in [0.1, 0.15) is 22.7 Å². The Morgan fingerprint density at radius 3 is 2.19 bits per heavy atom. The normalized spacial score (nSPS) is 16.9. The Morgan fingerprint density at radius 1 is 0.963 bits per heavy atom. The molecule has 1 aliphatic heterocycles. The van der Waals surface area contributed by atoms with Crippen LogP contribution in [0.15, 0.2) is 53.4 Å². The van der Waals surface area contributed by atoms with Crippen LogP contribution in [0.2, 0.25) is 0 Å². The van der Waals surface area contributed by atoms with E-state index in [-0.39, 0.29) is 19.0 Å². The zero-order chi connectivity index (χ0) is 19.6. The second-order valence-corrected chi connectivity index (χ2v) is 8.80. The Kier molecular flexibility index (Phi) is 5.64. The van der Waals surface area contributed by atoms with Gasteiger partial charge in [-0.2, -0.15) is 4.31 Å². The lowest BCUT2D eigenvalue weighted by atomic mass is 10.1. The molecule has 1 unspecified atom stereocenters. The molecular weight excluding hydrogens is 362 g/mol. The number of nitrogens with two attached hydrogens (primary N) is 1. The maximum atomic E-state index is 12.9. The van der Waals surface area contributed by atoms with Crippen molar-refractivity contribution in [1.29, 1.82) is 0 Å². The van der Waals surface area contributed by atoms with Crippen molar-refractivity contribution in [1.82, 2.24) is 9.21 Å². The van der Waals surface area contributed by atoms with Gasteiger partial charge in [0.15, 0.2) is 0 Å².